The zero-order valence-electron chi connectivity index (χ0n) is 6.43. The van der Waals surface area contributed by atoms with Gasteiger partial charge in [0, 0.05) is 7.11 Å². The Balaban J connectivity index is 2.02. The Kier molecular flexibility index (Phi) is 3.72. The second-order valence-electron chi connectivity index (χ2n) is 2.52. The highest BCUT2D eigenvalue weighted by molar-refractivity contribution is 4.67. The summed E-state index contributed by atoms with van der Waals surface area (Å²) in [5.74, 6) is 0. The lowest BCUT2D eigenvalue weighted by molar-refractivity contribution is -0.0797. The highest BCUT2D eigenvalue weighted by Crippen LogP contribution is 2.06. The van der Waals surface area contributed by atoms with Crippen molar-refractivity contribution in [1.82, 2.24) is 5.32 Å². The molecule has 1 heterocycles. The molecule has 0 aromatic carbocycles. The third kappa shape index (κ3) is 2.64. The van der Waals surface area contributed by atoms with Crippen molar-refractivity contribution < 1.29 is 9.47 Å². The SMILES string of the molecule is COCOC1CCNCC1. The fourth-order valence-corrected chi connectivity index (χ4v) is 1.13. The number of nitrogens with one attached hydrogen (secondary N) is 1. The Morgan fingerprint density at radius 1 is 1.40 bits per heavy atom. The molecule has 0 aromatic rings. The largest absolute Gasteiger partial charge is 0.359 e. The van der Waals surface area contributed by atoms with Crippen molar-refractivity contribution in [3.05, 3.63) is 0 Å². The van der Waals surface area contributed by atoms with Crippen LogP contribution in [0.25, 0.3) is 0 Å². The summed E-state index contributed by atoms with van der Waals surface area (Å²) in [5, 5.41) is 3.27. The Bertz CT molecular complexity index is 81.7. The molecule has 1 fully saturated rings. The maximum absolute atomic E-state index is 5.37. The minimum Gasteiger partial charge on any atom is -0.359 e. The van der Waals surface area contributed by atoms with Crippen molar-refractivity contribution in [2.45, 2.75) is 18.9 Å². The second-order valence-corrected chi connectivity index (χ2v) is 2.52. The molecule has 1 aliphatic heterocycles. The Labute approximate surface area is 61.7 Å². The normalized spacial score (nSPS) is 21.3. The van der Waals surface area contributed by atoms with Crippen LogP contribution in [0, 0.1) is 0 Å². The van der Waals surface area contributed by atoms with E-state index in [4.69, 9.17) is 9.47 Å². The van der Waals surface area contributed by atoms with E-state index in [9.17, 15) is 0 Å². The van der Waals surface area contributed by atoms with Gasteiger partial charge in [-0.25, -0.2) is 0 Å². The maximum atomic E-state index is 5.37. The van der Waals surface area contributed by atoms with E-state index in [-0.39, 0.29) is 0 Å². The highest BCUT2D eigenvalue weighted by atomic mass is 16.7. The van der Waals surface area contributed by atoms with Gasteiger partial charge in [-0.2, -0.15) is 0 Å². The molecule has 0 aliphatic carbocycles. The molecule has 0 amide bonds. The fraction of sp³-hybridized carbons (Fsp3) is 1.00. The minimum atomic E-state index is 0.418. The molecule has 3 nitrogen and oxygen atoms in total. The zero-order valence-corrected chi connectivity index (χ0v) is 6.43. The van der Waals surface area contributed by atoms with E-state index in [1.54, 1.807) is 7.11 Å². The van der Waals surface area contributed by atoms with E-state index in [1.807, 2.05) is 0 Å². The van der Waals surface area contributed by atoms with E-state index in [1.165, 1.54) is 0 Å². The first-order valence-corrected chi connectivity index (χ1v) is 3.74. The van der Waals surface area contributed by atoms with Gasteiger partial charge in [0.2, 0.25) is 0 Å². The first-order chi connectivity index (χ1) is 4.93. The molecular weight excluding hydrogens is 130 g/mol. The van der Waals surface area contributed by atoms with Gasteiger partial charge in [0.05, 0.1) is 6.10 Å². The predicted octanol–water partition coefficient (Wildman–Crippen LogP) is 0.359. The summed E-state index contributed by atoms with van der Waals surface area (Å²) >= 11 is 0. The number of hydrogen-bond donors (Lipinski definition) is 1. The molecule has 0 unspecified atom stereocenters. The monoisotopic (exact) mass is 145 g/mol. The van der Waals surface area contributed by atoms with Gasteiger partial charge in [-0.05, 0) is 25.9 Å². The number of methoxy groups -OCH3 is 1. The standard InChI is InChI=1S/C7H15NO2/c1-9-6-10-7-2-4-8-5-3-7/h7-8H,2-6H2,1H3. The van der Waals surface area contributed by atoms with Gasteiger partial charge in [0.25, 0.3) is 0 Å². The van der Waals surface area contributed by atoms with Crippen molar-refractivity contribution in [1.29, 1.82) is 0 Å². The summed E-state index contributed by atoms with van der Waals surface area (Å²) < 4.78 is 10.2. The Morgan fingerprint density at radius 2 is 2.10 bits per heavy atom. The summed E-state index contributed by atoms with van der Waals surface area (Å²) in [6.07, 6.45) is 2.65. The van der Waals surface area contributed by atoms with Crippen LogP contribution < -0.4 is 5.32 Å². The molecule has 1 N–H and O–H groups in total. The number of hydrogen-bond acceptors (Lipinski definition) is 3. The molecule has 0 radical (unpaired) electrons. The lowest BCUT2D eigenvalue weighted by atomic mass is 10.1. The van der Waals surface area contributed by atoms with Crippen molar-refractivity contribution in [2.24, 2.45) is 0 Å². The van der Waals surface area contributed by atoms with Gasteiger partial charge in [-0.15, -0.1) is 0 Å². The topological polar surface area (TPSA) is 30.5 Å². The minimum absolute atomic E-state index is 0.418. The maximum Gasteiger partial charge on any atom is 0.146 e. The van der Waals surface area contributed by atoms with Gasteiger partial charge >= 0.3 is 0 Å². The molecule has 0 atom stereocenters. The van der Waals surface area contributed by atoms with Crippen LogP contribution in [0.15, 0.2) is 0 Å². The van der Waals surface area contributed by atoms with Crippen LogP contribution in [0.5, 0.6) is 0 Å². The van der Waals surface area contributed by atoms with Crippen LogP contribution in [0.4, 0.5) is 0 Å². The van der Waals surface area contributed by atoms with Crippen LogP contribution in [0.3, 0.4) is 0 Å². The summed E-state index contributed by atoms with van der Waals surface area (Å²) in [6.45, 7) is 2.59. The second kappa shape index (κ2) is 4.66. The Morgan fingerprint density at radius 3 is 2.70 bits per heavy atom. The quantitative estimate of drug-likeness (QED) is 0.582. The molecule has 0 aromatic heterocycles. The molecule has 0 spiro atoms. The van der Waals surface area contributed by atoms with E-state index >= 15 is 0 Å². The molecule has 1 aliphatic rings. The van der Waals surface area contributed by atoms with E-state index in [2.05, 4.69) is 5.32 Å². The predicted molar refractivity (Wildman–Crippen MR) is 38.9 cm³/mol. The van der Waals surface area contributed by atoms with E-state index in [0.717, 1.165) is 25.9 Å². The molecule has 1 saturated heterocycles. The third-order valence-corrected chi connectivity index (χ3v) is 1.71. The number of piperidine rings is 1. The molecule has 0 bridgehead atoms. The first-order valence-electron chi connectivity index (χ1n) is 3.74. The molecule has 0 saturated carbocycles. The third-order valence-electron chi connectivity index (χ3n) is 1.71. The fourth-order valence-electron chi connectivity index (χ4n) is 1.13. The number of rotatable bonds is 3. The average Bonchev–Trinajstić information content (AvgIpc) is 2.03. The van der Waals surface area contributed by atoms with Gasteiger partial charge in [-0.1, -0.05) is 0 Å². The molecule has 10 heavy (non-hydrogen) atoms. The van der Waals surface area contributed by atoms with Gasteiger partial charge in [-0.3, -0.25) is 0 Å². The van der Waals surface area contributed by atoms with E-state index in [0.29, 0.717) is 12.9 Å². The highest BCUT2D eigenvalue weighted by Gasteiger charge is 2.11. The van der Waals surface area contributed by atoms with Gasteiger partial charge in [0.15, 0.2) is 0 Å². The van der Waals surface area contributed by atoms with Crippen molar-refractivity contribution in [3.8, 4) is 0 Å². The number of ether oxygens (including phenoxy) is 2. The zero-order chi connectivity index (χ0) is 7.23. The summed E-state index contributed by atoms with van der Waals surface area (Å²) in [4.78, 5) is 0. The molecule has 1 rings (SSSR count). The van der Waals surface area contributed by atoms with Gasteiger partial charge < -0.3 is 14.8 Å². The van der Waals surface area contributed by atoms with Crippen LogP contribution in [0.2, 0.25) is 0 Å². The summed E-state index contributed by atoms with van der Waals surface area (Å²) in [5.41, 5.74) is 0. The van der Waals surface area contributed by atoms with Crippen LogP contribution in [-0.2, 0) is 9.47 Å². The molecular formula is C7H15NO2. The van der Waals surface area contributed by atoms with Crippen LogP contribution >= 0.6 is 0 Å². The lowest BCUT2D eigenvalue weighted by Gasteiger charge is -2.22. The lowest BCUT2D eigenvalue weighted by Crippen LogP contribution is -2.32. The smallest absolute Gasteiger partial charge is 0.146 e. The van der Waals surface area contributed by atoms with E-state index < -0.39 is 0 Å². The summed E-state index contributed by atoms with van der Waals surface area (Å²) in [6, 6.07) is 0. The van der Waals surface area contributed by atoms with Crippen LogP contribution in [0.1, 0.15) is 12.8 Å². The summed E-state index contributed by atoms with van der Waals surface area (Å²) in [7, 11) is 1.65. The van der Waals surface area contributed by atoms with Crippen molar-refractivity contribution in [2.75, 3.05) is 27.0 Å². The molecule has 60 valence electrons. The first kappa shape index (κ1) is 7.98. The van der Waals surface area contributed by atoms with Crippen molar-refractivity contribution in [3.63, 3.8) is 0 Å². The van der Waals surface area contributed by atoms with Crippen molar-refractivity contribution >= 4 is 0 Å². The molecule has 3 heteroatoms. The Hall–Kier alpha value is -0.120. The van der Waals surface area contributed by atoms with Gasteiger partial charge in [0.1, 0.15) is 6.79 Å². The average molecular weight is 145 g/mol. The van der Waals surface area contributed by atoms with Crippen LogP contribution in [-0.4, -0.2) is 33.1 Å².